The van der Waals surface area contributed by atoms with Crippen molar-refractivity contribution in [1.29, 1.82) is 0 Å². The zero-order valence-corrected chi connectivity index (χ0v) is 7.57. The number of nitrogens with zero attached hydrogens (tertiary/aromatic N) is 1. The van der Waals surface area contributed by atoms with Crippen molar-refractivity contribution >= 4 is 5.91 Å². The van der Waals surface area contributed by atoms with Gasteiger partial charge in [-0.15, -0.1) is 0 Å². The van der Waals surface area contributed by atoms with Crippen LogP contribution in [0, 0.1) is 6.92 Å². The number of aliphatic hydroxyl groups is 1. The maximum atomic E-state index is 11.4. The molecular weight excluding hydrogens is 172 g/mol. The summed E-state index contributed by atoms with van der Waals surface area (Å²) in [4.78, 5) is 15.1. The van der Waals surface area contributed by atoms with Crippen LogP contribution in [0.5, 0.6) is 0 Å². The van der Waals surface area contributed by atoms with E-state index in [4.69, 9.17) is 9.52 Å². The summed E-state index contributed by atoms with van der Waals surface area (Å²) >= 11 is 0. The lowest BCUT2D eigenvalue weighted by molar-refractivity contribution is 0.0916. The molecule has 0 fully saturated rings. The number of aliphatic hydroxyl groups excluding tert-OH is 1. The number of hydrogen-bond acceptors (Lipinski definition) is 4. The number of carbonyl (C=O) groups is 1. The number of amides is 1. The van der Waals surface area contributed by atoms with Gasteiger partial charge < -0.3 is 14.8 Å². The van der Waals surface area contributed by atoms with E-state index in [0.717, 1.165) is 0 Å². The molecular formula is C8H12N2O3. The topological polar surface area (TPSA) is 75.4 Å². The number of carbonyl (C=O) groups excluding carboxylic acids is 1. The zero-order valence-electron chi connectivity index (χ0n) is 7.57. The third-order valence-corrected chi connectivity index (χ3v) is 1.61. The van der Waals surface area contributed by atoms with E-state index in [0.29, 0.717) is 5.76 Å². The molecule has 2 N–H and O–H groups in total. The van der Waals surface area contributed by atoms with Crippen molar-refractivity contribution in [3.8, 4) is 0 Å². The maximum absolute atomic E-state index is 11.4. The predicted octanol–water partition coefficient (Wildman–Crippen LogP) is 0.0936. The number of nitrogens with one attached hydrogen (secondary N) is 1. The second-order valence-electron chi connectivity index (χ2n) is 2.81. The third kappa shape index (κ3) is 2.29. The molecule has 0 aromatic carbocycles. The van der Waals surface area contributed by atoms with Gasteiger partial charge in [0.1, 0.15) is 5.76 Å². The summed E-state index contributed by atoms with van der Waals surface area (Å²) in [6, 6.07) is -0.274. The van der Waals surface area contributed by atoms with E-state index in [2.05, 4.69) is 10.3 Å². The normalized spacial score (nSPS) is 12.5. The van der Waals surface area contributed by atoms with Crippen LogP contribution in [0.25, 0.3) is 0 Å². The fourth-order valence-corrected chi connectivity index (χ4v) is 0.861. The first-order chi connectivity index (χ1) is 6.15. The van der Waals surface area contributed by atoms with Crippen molar-refractivity contribution in [3.05, 3.63) is 17.8 Å². The Kier molecular flexibility index (Phi) is 3.02. The van der Waals surface area contributed by atoms with Crippen molar-refractivity contribution in [1.82, 2.24) is 10.3 Å². The summed E-state index contributed by atoms with van der Waals surface area (Å²) in [7, 11) is 0. The van der Waals surface area contributed by atoms with Crippen LogP contribution in [-0.4, -0.2) is 28.6 Å². The highest BCUT2D eigenvalue weighted by Crippen LogP contribution is 2.03. The lowest BCUT2D eigenvalue weighted by Gasteiger charge is -2.08. The van der Waals surface area contributed by atoms with E-state index in [1.807, 2.05) is 0 Å². The molecule has 72 valence electrons. The van der Waals surface area contributed by atoms with Crippen LogP contribution >= 0.6 is 0 Å². The predicted molar refractivity (Wildman–Crippen MR) is 45.3 cm³/mol. The summed E-state index contributed by atoms with van der Waals surface area (Å²) in [5.74, 6) is 0.149. The highest BCUT2D eigenvalue weighted by atomic mass is 16.3. The van der Waals surface area contributed by atoms with Crippen LogP contribution < -0.4 is 5.32 Å². The highest BCUT2D eigenvalue weighted by molar-refractivity contribution is 5.93. The highest BCUT2D eigenvalue weighted by Gasteiger charge is 2.14. The standard InChI is InChI=1S/C8H12N2O3/c1-5(3-11)10-8(12)7-6(2)13-4-9-7/h4-5,11H,3H2,1-2H3,(H,10,12). The minimum absolute atomic E-state index is 0.0946. The molecule has 1 aromatic heterocycles. The van der Waals surface area contributed by atoms with Gasteiger partial charge in [-0.05, 0) is 13.8 Å². The largest absolute Gasteiger partial charge is 0.448 e. The van der Waals surface area contributed by atoms with Gasteiger partial charge in [0.25, 0.3) is 5.91 Å². The van der Waals surface area contributed by atoms with Gasteiger partial charge in [-0.2, -0.15) is 0 Å². The molecule has 13 heavy (non-hydrogen) atoms. The number of rotatable bonds is 3. The molecule has 0 aliphatic heterocycles. The Morgan fingerprint density at radius 2 is 2.54 bits per heavy atom. The average molecular weight is 184 g/mol. The Bertz CT molecular complexity index is 295. The van der Waals surface area contributed by atoms with E-state index in [1.54, 1.807) is 13.8 Å². The van der Waals surface area contributed by atoms with Crippen LogP contribution in [0.3, 0.4) is 0 Å². The van der Waals surface area contributed by atoms with Gasteiger partial charge in [-0.1, -0.05) is 0 Å². The molecule has 1 amide bonds. The molecule has 0 radical (unpaired) electrons. The molecule has 0 spiro atoms. The van der Waals surface area contributed by atoms with Crippen molar-refractivity contribution in [2.75, 3.05) is 6.61 Å². The molecule has 1 aromatic rings. The second-order valence-corrected chi connectivity index (χ2v) is 2.81. The molecule has 0 aliphatic carbocycles. The smallest absolute Gasteiger partial charge is 0.273 e. The molecule has 5 nitrogen and oxygen atoms in total. The van der Waals surface area contributed by atoms with Crippen LogP contribution in [0.4, 0.5) is 0 Å². The van der Waals surface area contributed by atoms with E-state index in [9.17, 15) is 4.79 Å². The van der Waals surface area contributed by atoms with Crippen molar-refractivity contribution in [2.24, 2.45) is 0 Å². The number of oxazole rings is 1. The molecule has 0 aliphatic rings. The van der Waals surface area contributed by atoms with E-state index < -0.39 is 0 Å². The summed E-state index contributed by atoms with van der Waals surface area (Å²) in [6.45, 7) is 3.27. The first-order valence-electron chi connectivity index (χ1n) is 3.97. The van der Waals surface area contributed by atoms with E-state index in [-0.39, 0.29) is 24.2 Å². The van der Waals surface area contributed by atoms with Gasteiger partial charge in [-0.3, -0.25) is 4.79 Å². The second kappa shape index (κ2) is 4.04. The minimum atomic E-state index is -0.326. The Balaban J connectivity index is 2.64. The van der Waals surface area contributed by atoms with Crippen LogP contribution in [-0.2, 0) is 0 Å². The summed E-state index contributed by atoms with van der Waals surface area (Å²) in [5.41, 5.74) is 0.264. The lowest BCUT2D eigenvalue weighted by atomic mass is 10.3. The van der Waals surface area contributed by atoms with Gasteiger partial charge in [0.05, 0.1) is 6.61 Å². The quantitative estimate of drug-likeness (QED) is 0.698. The molecule has 0 saturated heterocycles. The monoisotopic (exact) mass is 184 g/mol. The Labute approximate surface area is 75.8 Å². The SMILES string of the molecule is Cc1ocnc1C(=O)NC(C)CO. The lowest BCUT2D eigenvalue weighted by Crippen LogP contribution is -2.35. The van der Waals surface area contributed by atoms with Crippen LogP contribution in [0.2, 0.25) is 0 Å². The third-order valence-electron chi connectivity index (χ3n) is 1.61. The van der Waals surface area contributed by atoms with Crippen molar-refractivity contribution in [2.45, 2.75) is 19.9 Å². The fourth-order valence-electron chi connectivity index (χ4n) is 0.861. The van der Waals surface area contributed by atoms with Crippen LogP contribution in [0.1, 0.15) is 23.2 Å². The Morgan fingerprint density at radius 1 is 1.85 bits per heavy atom. The Morgan fingerprint density at radius 3 is 3.00 bits per heavy atom. The molecule has 0 saturated carbocycles. The summed E-state index contributed by atoms with van der Waals surface area (Å²) in [5, 5.41) is 11.3. The molecule has 1 rings (SSSR count). The molecule has 1 atom stereocenters. The van der Waals surface area contributed by atoms with Gasteiger partial charge in [0.2, 0.25) is 0 Å². The summed E-state index contributed by atoms with van der Waals surface area (Å²) < 4.78 is 4.87. The Hall–Kier alpha value is -1.36. The minimum Gasteiger partial charge on any atom is -0.448 e. The number of hydrogen-bond donors (Lipinski definition) is 2. The van der Waals surface area contributed by atoms with Gasteiger partial charge in [0, 0.05) is 6.04 Å². The van der Waals surface area contributed by atoms with Crippen molar-refractivity contribution in [3.63, 3.8) is 0 Å². The molecule has 1 unspecified atom stereocenters. The van der Waals surface area contributed by atoms with E-state index in [1.165, 1.54) is 6.39 Å². The first kappa shape index (κ1) is 9.73. The van der Waals surface area contributed by atoms with Gasteiger partial charge >= 0.3 is 0 Å². The van der Waals surface area contributed by atoms with Gasteiger partial charge in [0.15, 0.2) is 12.1 Å². The molecule has 5 heteroatoms. The average Bonchev–Trinajstić information content (AvgIpc) is 2.51. The van der Waals surface area contributed by atoms with Crippen molar-refractivity contribution < 1.29 is 14.3 Å². The number of aromatic nitrogens is 1. The van der Waals surface area contributed by atoms with Crippen LogP contribution in [0.15, 0.2) is 10.8 Å². The van der Waals surface area contributed by atoms with E-state index >= 15 is 0 Å². The van der Waals surface area contributed by atoms with Gasteiger partial charge in [-0.25, -0.2) is 4.98 Å². The zero-order chi connectivity index (χ0) is 9.84. The summed E-state index contributed by atoms with van der Waals surface area (Å²) in [6.07, 6.45) is 1.22. The number of aryl methyl sites for hydroxylation is 1. The molecule has 0 bridgehead atoms. The first-order valence-corrected chi connectivity index (χ1v) is 3.97. The molecule has 1 heterocycles. The fraction of sp³-hybridized carbons (Fsp3) is 0.500. The maximum Gasteiger partial charge on any atom is 0.273 e.